The highest BCUT2D eigenvalue weighted by Gasteiger charge is 2.19. The zero-order chi connectivity index (χ0) is 17.1. The molecule has 0 aliphatic rings. The van der Waals surface area contributed by atoms with Gasteiger partial charge in [-0.1, -0.05) is 6.07 Å². The normalized spacial score (nSPS) is 10.5. The Hall–Kier alpha value is -3.49. The number of methoxy groups -OCH3 is 1. The molecule has 3 rings (SSSR count). The van der Waals surface area contributed by atoms with Gasteiger partial charge in [-0.15, -0.1) is 0 Å². The summed E-state index contributed by atoms with van der Waals surface area (Å²) in [6.45, 7) is 0.0153. The molecule has 3 aromatic rings. The highest BCUT2D eigenvalue weighted by Crippen LogP contribution is 2.27. The van der Waals surface area contributed by atoms with Gasteiger partial charge in [-0.2, -0.15) is 15.4 Å². The number of H-pyrrole nitrogens is 1. The molecule has 1 N–H and O–H groups in total. The molecule has 0 bridgehead atoms. The number of aromatic nitrogens is 3. The summed E-state index contributed by atoms with van der Waals surface area (Å²) < 4.78 is 10.1. The number of hydrogen-bond donors (Lipinski definition) is 1. The van der Waals surface area contributed by atoms with Crippen LogP contribution in [0, 0.1) is 10.1 Å². The number of ether oxygens (including phenoxy) is 2. The Balaban J connectivity index is 1.74. The van der Waals surface area contributed by atoms with E-state index in [4.69, 9.17) is 9.47 Å². The summed E-state index contributed by atoms with van der Waals surface area (Å²) in [6.07, 6.45) is 0. The van der Waals surface area contributed by atoms with E-state index in [2.05, 4.69) is 15.4 Å². The fraction of sp³-hybridized carbons (Fsp3) is 0.133. The van der Waals surface area contributed by atoms with Crippen LogP contribution in [0.3, 0.4) is 0 Å². The van der Waals surface area contributed by atoms with E-state index in [0.717, 1.165) is 11.6 Å². The first-order valence-corrected chi connectivity index (χ1v) is 6.87. The second-order valence-electron chi connectivity index (χ2n) is 4.87. The third-order valence-electron chi connectivity index (χ3n) is 3.36. The van der Waals surface area contributed by atoms with E-state index in [9.17, 15) is 14.9 Å². The van der Waals surface area contributed by atoms with Crippen molar-refractivity contribution in [3.63, 3.8) is 0 Å². The predicted octanol–water partition coefficient (Wildman–Crippen LogP) is 2.23. The van der Waals surface area contributed by atoms with Crippen LogP contribution in [0.25, 0.3) is 11.0 Å². The van der Waals surface area contributed by atoms with Crippen molar-refractivity contribution in [2.24, 2.45) is 0 Å². The van der Waals surface area contributed by atoms with Crippen LogP contribution in [0.5, 0.6) is 5.75 Å². The minimum Gasteiger partial charge on any atom is -0.490 e. The molecule has 24 heavy (non-hydrogen) atoms. The van der Waals surface area contributed by atoms with Crippen LogP contribution >= 0.6 is 0 Å². The van der Waals surface area contributed by atoms with E-state index in [1.165, 1.54) is 19.2 Å². The lowest BCUT2D eigenvalue weighted by atomic mass is 10.2. The average molecular weight is 328 g/mol. The van der Waals surface area contributed by atoms with Crippen molar-refractivity contribution in [1.29, 1.82) is 0 Å². The van der Waals surface area contributed by atoms with Crippen molar-refractivity contribution in [2.75, 3.05) is 7.11 Å². The van der Waals surface area contributed by atoms with Gasteiger partial charge in [0.25, 0.3) is 0 Å². The first-order chi connectivity index (χ1) is 11.6. The van der Waals surface area contributed by atoms with Crippen LogP contribution in [-0.4, -0.2) is 33.4 Å². The molecule has 0 amide bonds. The molecular weight excluding hydrogens is 316 g/mol. The molecular formula is C15H12N4O5. The number of hydrogen-bond acceptors (Lipinski definition) is 7. The van der Waals surface area contributed by atoms with Crippen molar-refractivity contribution >= 4 is 22.7 Å². The van der Waals surface area contributed by atoms with Gasteiger partial charge in [-0.3, -0.25) is 10.1 Å². The van der Waals surface area contributed by atoms with Gasteiger partial charge in [-0.25, -0.2) is 4.79 Å². The topological polar surface area (TPSA) is 120 Å². The summed E-state index contributed by atoms with van der Waals surface area (Å²) in [5.41, 5.74) is 1.87. The minimum atomic E-state index is -0.666. The Bertz CT molecular complexity index is 921. The molecule has 0 saturated carbocycles. The van der Waals surface area contributed by atoms with Gasteiger partial charge in [0.15, 0.2) is 5.75 Å². The van der Waals surface area contributed by atoms with Crippen LogP contribution in [-0.2, 0) is 11.3 Å². The van der Waals surface area contributed by atoms with Crippen molar-refractivity contribution in [3.05, 3.63) is 57.6 Å². The summed E-state index contributed by atoms with van der Waals surface area (Å²) in [5, 5.41) is 21.4. The SMILES string of the molecule is COc1ccc(C(=O)OCc2ccc3n[nH]nc3c2)cc1[N+](=O)[O-]. The van der Waals surface area contributed by atoms with Gasteiger partial charge in [-0.05, 0) is 29.8 Å². The molecule has 0 aliphatic heterocycles. The molecule has 1 heterocycles. The van der Waals surface area contributed by atoms with Crippen LogP contribution in [0.4, 0.5) is 5.69 Å². The van der Waals surface area contributed by atoms with Crippen LogP contribution in [0.15, 0.2) is 36.4 Å². The van der Waals surface area contributed by atoms with Gasteiger partial charge < -0.3 is 9.47 Å². The first kappa shape index (κ1) is 15.4. The number of carbonyl (C=O) groups is 1. The van der Waals surface area contributed by atoms with E-state index in [1.807, 2.05) is 0 Å². The van der Waals surface area contributed by atoms with E-state index in [-0.39, 0.29) is 23.6 Å². The predicted molar refractivity (Wildman–Crippen MR) is 82.7 cm³/mol. The Morgan fingerprint density at radius 2 is 2.00 bits per heavy atom. The quantitative estimate of drug-likeness (QED) is 0.433. The number of nitrogens with zero attached hydrogens (tertiary/aromatic N) is 3. The molecule has 0 atom stereocenters. The zero-order valence-electron chi connectivity index (χ0n) is 12.6. The smallest absolute Gasteiger partial charge is 0.338 e. The summed E-state index contributed by atoms with van der Waals surface area (Å²) in [6, 6.07) is 9.14. The lowest BCUT2D eigenvalue weighted by molar-refractivity contribution is -0.385. The molecule has 0 saturated heterocycles. The maximum Gasteiger partial charge on any atom is 0.338 e. The van der Waals surface area contributed by atoms with Gasteiger partial charge in [0.2, 0.25) is 0 Å². The number of aromatic amines is 1. The number of nitrogens with one attached hydrogen (secondary N) is 1. The third-order valence-corrected chi connectivity index (χ3v) is 3.36. The van der Waals surface area contributed by atoms with E-state index in [1.54, 1.807) is 18.2 Å². The van der Waals surface area contributed by atoms with Gasteiger partial charge >= 0.3 is 11.7 Å². The monoisotopic (exact) mass is 328 g/mol. The lowest BCUT2D eigenvalue weighted by Gasteiger charge is -2.06. The summed E-state index contributed by atoms with van der Waals surface area (Å²) >= 11 is 0. The third kappa shape index (κ3) is 3.00. The molecule has 1 aromatic heterocycles. The fourth-order valence-electron chi connectivity index (χ4n) is 2.17. The van der Waals surface area contributed by atoms with E-state index in [0.29, 0.717) is 11.0 Å². The molecule has 9 nitrogen and oxygen atoms in total. The van der Waals surface area contributed by atoms with Crippen LogP contribution < -0.4 is 4.74 Å². The number of benzene rings is 2. The second-order valence-corrected chi connectivity index (χ2v) is 4.87. The molecule has 0 aliphatic carbocycles. The number of fused-ring (bicyclic) bond motifs is 1. The van der Waals surface area contributed by atoms with Crippen LogP contribution in [0.1, 0.15) is 15.9 Å². The number of nitro groups is 1. The highest BCUT2D eigenvalue weighted by atomic mass is 16.6. The Morgan fingerprint density at radius 3 is 2.75 bits per heavy atom. The standard InChI is InChI=1S/C15H12N4O5/c1-23-14-5-3-10(7-13(14)19(21)22)15(20)24-8-9-2-4-11-12(6-9)17-18-16-11/h2-7H,8H2,1H3,(H,16,17,18). The fourth-order valence-corrected chi connectivity index (χ4v) is 2.17. The average Bonchev–Trinajstić information content (AvgIpc) is 3.06. The lowest BCUT2D eigenvalue weighted by Crippen LogP contribution is -2.06. The Morgan fingerprint density at radius 1 is 1.21 bits per heavy atom. The highest BCUT2D eigenvalue weighted by molar-refractivity contribution is 5.90. The van der Waals surface area contributed by atoms with E-state index < -0.39 is 10.9 Å². The van der Waals surface area contributed by atoms with Crippen molar-refractivity contribution in [3.8, 4) is 5.75 Å². The Labute approximate surface area is 135 Å². The molecule has 0 spiro atoms. The summed E-state index contributed by atoms with van der Waals surface area (Å²) in [5.74, 6) is -0.589. The molecule has 9 heteroatoms. The summed E-state index contributed by atoms with van der Waals surface area (Å²) in [4.78, 5) is 22.5. The van der Waals surface area contributed by atoms with Crippen molar-refractivity contribution in [2.45, 2.75) is 6.61 Å². The maximum absolute atomic E-state index is 12.1. The maximum atomic E-state index is 12.1. The van der Waals surface area contributed by atoms with E-state index >= 15 is 0 Å². The number of esters is 1. The molecule has 2 aromatic carbocycles. The van der Waals surface area contributed by atoms with Crippen molar-refractivity contribution < 1.29 is 19.2 Å². The zero-order valence-corrected chi connectivity index (χ0v) is 12.6. The largest absolute Gasteiger partial charge is 0.490 e. The molecule has 122 valence electrons. The van der Waals surface area contributed by atoms with Crippen molar-refractivity contribution in [1.82, 2.24) is 15.4 Å². The van der Waals surface area contributed by atoms with Gasteiger partial charge in [0, 0.05) is 6.07 Å². The molecule has 0 radical (unpaired) electrons. The number of carbonyl (C=O) groups excluding carboxylic acids is 1. The number of rotatable bonds is 5. The molecule has 0 fully saturated rings. The Kier molecular flexibility index (Phi) is 4.06. The summed E-state index contributed by atoms with van der Waals surface area (Å²) in [7, 11) is 1.32. The first-order valence-electron chi connectivity index (χ1n) is 6.87. The second kappa shape index (κ2) is 6.32. The van der Waals surface area contributed by atoms with Gasteiger partial charge in [0.1, 0.15) is 17.6 Å². The number of nitro benzene ring substituents is 1. The minimum absolute atomic E-state index is 0.0153. The van der Waals surface area contributed by atoms with Gasteiger partial charge in [0.05, 0.1) is 17.6 Å². The molecule has 0 unspecified atom stereocenters. The van der Waals surface area contributed by atoms with Crippen LogP contribution in [0.2, 0.25) is 0 Å².